The molecule has 0 amide bonds. The predicted octanol–water partition coefficient (Wildman–Crippen LogP) is 3.91. The predicted molar refractivity (Wildman–Crippen MR) is 126 cm³/mol. The molecule has 0 saturated carbocycles. The Morgan fingerprint density at radius 2 is 1.80 bits per heavy atom. The van der Waals surface area contributed by atoms with E-state index in [1.807, 2.05) is 0 Å². The van der Waals surface area contributed by atoms with Crippen molar-refractivity contribution in [1.82, 2.24) is 9.55 Å². The molecule has 186 valence electrons. The smallest absolute Gasteiger partial charge is 0.326 e. The average Bonchev–Trinajstić information content (AvgIpc) is 2.78. The van der Waals surface area contributed by atoms with Crippen molar-refractivity contribution in [2.45, 2.75) is 59.1 Å². The van der Waals surface area contributed by atoms with Crippen LogP contribution in [0.5, 0.6) is 0 Å². The normalized spacial score (nSPS) is 11.5. The third-order valence-corrected chi connectivity index (χ3v) is 5.23. The second kappa shape index (κ2) is 10.8. The van der Waals surface area contributed by atoms with Gasteiger partial charge in [-0.1, -0.05) is 12.1 Å². The highest BCUT2D eigenvalue weighted by atomic mass is 19.2. The van der Waals surface area contributed by atoms with E-state index in [2.05, 4.69) is 4.98 Å². The van der Waals surface area contributed by atoms with Gasteiger partial charge < -0.3 is 14.0 Å². The summed E-state index contributed by atoms with van der Waals surface area (Å²) in [6.45, 7) is 6.68. The molecule has 2 heterocycles. The molecule has 0 aliphatic carbocycles. The summed E-state index contributed by atoms with van der Waals surface area (Å²) in [4.78, 5) is 42.8. The van der Waals surface area contributed by atoms with Crippen LogP contribution in [0.2, 0.25) is 0 Å². The first-order valence-electron chi connectivity index (χ1n) is 11.3. The lowest BCUT2D eigenvalue weighted by molar-refractivity contribution is -0.154. The van der Waals surface area contributed by atoms with Crippen LogP contribution in [-0.2, 0) is 44.9 Å². The third kappa shape index (κ3) is 6.29. The van der Waals surface area contributed by atoms with Gasteiger partial charge in [0, 0.05) is 17.5 Å². The number of carbonyl (C=O) groups excluding carboxylic acids is 2. The number of rotatable bonds is 8. The van der Waals surface area contributed by atoms with Gasteiger partial charge in [-0.3, -0.25) is 14.4 Å². The van der Waals surface area contributed by atoms with Gasteiger partial charge in [-0.05, 0) is 64.3 Å². The summed E-state index contributed by atoms with van der Waals surface area (Å²) in [7, 11) is 0. The van der Waals surface area contributed by atoms with Gasteiger partial charge >= 0.3 is 11.9 Å². The zero-order valence-electron chi connectivity index (χ0n) is 20.2. The zero-order chi connectivity index (χ0) is 25.8. The van der Waals surface area contributed by atoms with Crippen molar-refractivity contribution in [3.8, 4) is 0 Å². The van der Waals surface area contributed by atoms with Crippen molar-refractivity contribution in [1.29, 1.82) is 0 Å². The largest absolute Gasteiger partial charge is 0.465 e. The first-order valence-corrected chi connectivity index (χ1v) is 11.3. The van der Waals surface area contributed by atoms with Crippen molar-refractivity contribution in [2.75, 3.05) is 6.61 Å². The minimum absolute atomic E-state index is 0.0194. The second-order valence-electron chi connectivity index (χ2n) is 9.00. The highest BCUT2D eigenvalue weighted by Crippen LogP contribution is 2.21. The maximum Gasteiger partial charge on any atom is 0.326 e. The first-order chi connectivity index (χ1) is 16.5. The number of benzene rings is 1. The number of pyridine rings is 2. The Kier molecular flexibility index (Phi) is 7.99. The second-order valence-corrected chi connectivity index (χ2v) is 9.00. The Morgan fingerprint density at radius 1 is 1.06 bits per heavy atom. The van der Waals surface area contributed by atoms with Gasteiger partial charge in [0.2, 0.25) is 0 Å². The third-order valence-electron chi connectivity index (χ3n) is 5.23. The number of ether oxygens (including phenoxy) is 2. The van der Waals surface area contributed by atoms with Gasteiger partial charge in [0.15, 0.2) is 17.1 Å². The van der Waals surface area contributed by atoms with Crippen LogP contribution in [0.4, 0.5) is 8.78 Å². The summed E-state index contributed by atoms with van der Waals surface area (Å²) < 4.78 is 40.1. The summed E-state index contributed by atoms with van der Waals surface area (Å²) in [5.74, 6) is -3.16. The number of esters is 2. The molecule has 0 aliphatic rings. The molecule has 0 fully saturated rings. The molecule has 3 rings (SSSR count). The van der Waals surface area contributed by atoms with E-state index in [9.17, 15) is 23.2 Å². The highest BCUT2D eigenvalue weighted by Gasteiger charge is 2.24. The Balaban J connectivity index is 2.18. The molecule has 0 unspecified atom stereocenters. The lowest BCUT2D eigenvalue weighted by atomic mass is 9.99. The molecule has 0 aliphatic heterocycles. The molecule has 0 spiro atoms. The minimum Gasteiger partial charge on any atom is -0.465 e. The van der Waals surface area contributed by atoms with Crippen molar-refractivity contribution in [2.24, 2.45) is 0 Å². The molecule has 1 aromatic carbocycles. The number of fused-ring (bicyclic) bond motifs is 1. The van der Waals surface area contributed by atoms with E-state index in [1.54, 1.807) is 39.8 Å². The summed E-state index contributed by atoms with van der Waals surface area (Å²) >= 11 is 0. The van der Waals surface area contributed by atoms with E-state index in [0.29, 0.717) is 5.69 Å². The van der Waals surface area contributed by atoms with Crippen LogP contribution in [-0.4, -0.2) is 33.7 Å². The van der Waals surface area contributed by atoms with E-state index < -0.39 is 34.6 Å². The van der Waals surface area contributed by atoms with Gasteiger partial charge in [-0.25, -0.2) is 13.8 Å². The number of hydrogen-bond acceptors (Lipinski definition) is 6. The minimum atomic E-state index is -0.987. The van der Waals surface area contributed by atoms with Gasteiger partial charge in [0.05, 0.1) is 18.4 Å². The molecular weight excluding hydrogens is 458 g/mol. The molecule has 0 saturated heterocycles. The van der Waals surface area contributed by atoms with Crippen LogP contribution in [0.3, 0.4) is 0 Å². The molecule has 0 radical (unpaired) electrons. The van der Waals surface area contributed by atoms with Crippen LogP contribution in [0.15, 0.2) is 41.3 Å². The average molecular weight is 487 g/mol. The molecule has 7 nitrogen and oxygen atoms in total. The maximum absolute atomic E-state index is 14.3. The van der Waals surface area contributed by atoms with Crippen LogP contribution in [0.1, 0.15) is 44.5 Å². The molecule has 0 atom stereocenters. The number of hydrogen-bond donors (Lipinski definition) is 0. The molecular formula is C26H28F2N2O5. The molecule has 3 aromatic rings. The standard InChI is InChI=1S/C26H28F2N2O5/c1-5-34-22(32)15-30-20(12-11-16-8-6-10-19(27)23(16)28)18(14-21(31)35-26(2,3)4)24(33)17-9-7-13-29-25(17)30/h6-10,13H,5,11-12,14-15H2,1-4H3. The van der Waals surface area contributed by atoms with Crippen LogP contribution in [0, 0.1) is 11.6 Å². The lowest BCUT2D eigenvalue weighted by Gasteiger charge is -2.22. The monoisotopic (exact) mass is 486 g/mol. The molecule has 0 bridgehead atoms. The Hall–Kier alpha value is -3.62. The van der Waals surface area contributed by atoms with E-state index >= 15 is 0 Å². The summed E-state index contributed by atoms with van der Waals surface area (Å²) in [5.41, 5.74) is -0.458. The van der Waals surface area contributed by atoms with Crippen molar-refractivity contribution in [3.63, 3.8) is 0 Å². The molecule has 0 N–H and O–H groups in total. The van der Waals surface area contributed by atoms with Crippen LogP contribution >= 0.6 is 0 Å². The number of aromatic nitrogens is 2. The number of nitrogens with zero attached hydrogens (tertiary/aromatic N) is 2. The van der Waals surface area contributed by atoms with Gasteiger partial charge in [0.1, 0.15) is 17.8 Å². The SMILES string of the molecule is CCOC(=O)Cn1c(CCc2cccc(F)c2F)c(CC(=O)OC(C)(C)C)c(=O)c2cccnc21. The van der Waals surface area contributed by atoms with Crippen molar-refractivity contribution in [3.05, 3.63) is 75.2 Å². The van der Waals surface area contributed by atoms with Crippen LogP contribution in [0.25, 0.3) is 11.0 Å². The molecule has 2 aromatic heterocycles. The summed E-state index contributed by atoms with van der Waals surface area (Å²) in [5, 5.41) is 0.219. The summed E-state index contributed by atoms with van der Waals surface area (Å²) in [6.07, 6.45) is 1.18. The molecule has 35 heavy (non-hydrogen) atoms. The molecule has 9 heteroatoms. The van der Waals surface area contributed by atoms with E-state index in [4.69, 9.17) is 9.47 Å². The summed E-state index contributed by atoms with van der Waals surface area (Å²) in [6, 6.07) is 6.99. The maximum atomic E-state index is 14.3. The fraction of sp³-hybridized carbons (Fsp3) is 0.385. The van der Waals surface area contributed by atoms with Gasteiger partial charge in [-0.15, -0.1) is 0 Å². The van der Waals surface area contributed by atoms with E-state index in [-0.39, 0.29) is 54.6 Å². The Bertz CT molecular complexity index is 1310. The number of carbonyl (C=O) groups is 2. The Morgan fingerprint density at radius 3 is 2.49 bits per heavy atom. The fourth-order valence-electron chi connectivity index (χ4n) is 3.86. The highest BCUT2D eigenvalue weighted by molar-refractivity contribution is 5.81. The van der Waals surface area contributed by atoms with Crippen LogP contribution < -0.4 is 5.43 Å². The fourth-order valence-corrected chi connectivity index (χ4v) is 3.86. The van der Waals surface area contributed by atoms with Crippen molar-refractivity contribution >= 4 is 23.0 Å². The quantitative estimate of drug-likeness (QED) is 0.449. The van der Waals surface area contributed by atoms with Gasteiger partial charge in [0.25, 0.3) is 0 Å². The first kappa shape index (κ1) is 26.0. The zero-order valence-corrected chi connectivity index (χ0v) is 20.2. The Labute approximate surface area is 201 Å². The number of halogens is 2. The van der Waals surface area contributed by atoms with Gasteiger partial charge in [-0.2, -0.15) is 0 Å². The van der Waals surface area contributed by atoms with E-state index in [0.717, 1.165) is 6.07 Å². The lowest BCUT2D eigenvalue weighted by Crippen LogP contribution is -2.30. The topological polar surface area (TPSA) is 87.5 Å². The van der Waals surface area contributed by atoms with Crippen molar-refractivity contribution < 1.29 is 27.8 Å². The number of aryl methyl sites for hydroxylation is 1. The van der Waals surface area contributed by atoms with E-state index in [1.165, 1.54) is 22.9 Å².